The molecule has 0 aromatic heterocycles. The molecule has 106 valence electrons. The van der Waals surface area contributed by atoms with Crippen molar-refractivity contribution in [2.24, 2.45) is 5.84 Å². The number of benzene rings is 2. The molecular formula is C14H12BrF3N2. The number of rotatable bonds is 4. The molecule has 20 heavy (non-hydrogen) atoms. The van der Waals surface area contributed by atoms with Crippen molar-refractivity contribution in [2.45, 2.75) is 12.5 Å². The van der Waals surface area contributed by atoms with E-state index >= 15 is 0 Å². The van der Waals surface area contributed by atoms with Gasteiger partial charge in [-0.3, -0.25) is 11.3 Å². The molecule has 6 heteroatoms. The largest absolute Gasteiger partial charge is 0.271 e. The average molecular weight is 345 g/mol. The van der Waals surface area contributed by atoms with Crippen molar-refractivity contribution in [2.75, 3.05) is 0 Å². The fourth-order valence-electron chi connectivity index (χ4n) is 1.97. The first-order valence-electron chi connectivity index (χ1n) is 5.87. The van der Waals surface area contributed by atoms with Gasteiger partial charge in [-0.15, -0.1) is 0 Å². The molecule has 0 fully saturated rings. The highest BCUT2D eigenvalue weighted by Gasteiger charge is 2.18. The molecule has 0 aliphatic rings. The molecule has 0 aliphatic carbocycles. The van der Waals surface area contributed by atoms with Gasteiger partial charge in [0, 0.05) is 4.47 Å². The van der Waals surface area contributed by atoms with Crippen LogP contribution in [0.4, 0.5) is 13.2 Å². The molecule has 1 unspecified atom stereocenters. The Hall–Kier alpha value is -1.37. The monoisotopic (exact) mass is 344 g/mol. The lowest BCUT2D eigenvalue weighted by Crippen LogP contribution is -2.30. The summed E-state index contributed by atoms with van der Waals surface area (Å²) in [5, 5.41) is 0. The molecular weight excluding hydrogens is 333 g/mol. The zero-order chi connectivity index (χ0) is 14.7. The highest BCUT2D eigenvalue weighted by atomic mass is 79.9. The molecule has 1 atom stereocenters. The van der Waals surface area contributed by atoms with Crippen LogP contribution in [0.1, 0.15) is 17.2 Å². The SMILES string of the molecule is NNC(Cc1cccc(F)c1F)c1cc(F)ccc1Br. The number of nitrogens with one attached hydrogen (secondary N) is 1. The fourth-order valence-corrected chi connectivity index (χ4v) is 2.49. The zero-order valence-corrected chi connectivity index (χ0v) is 11.9. The summed E-state index contributed by atoms with van der Waals surface area (Å²) in [5.74, 6) is 3.19. The van der Waals surface area contributed by atoms with Crippen molar-refractivity contribution in [3.05, 3.63) is 69.4 Å². The number of halogens is 4. The van der Waals surface area contributed by atoms with Crippen molar-refractivity contribution in [3.63, 3.8) is 0 Å². The lowest BCUT2D eigenvalue weighted by Gasteiger charge is -2.18. The highest BCUT2D eigenvalue weighted by Crippen LogP contribution is 2.27. The van der Waals surface area contributed by atoms with Crippen LogP contribution in [0.15, 0.2) is 40.9 Å². The third kappa shape index (κ3) is 3.20. The van der Waals surface area contributed by atoms with E-state index in [1.54, 1.807) is 0 Å². The zero-order valence-electron chi connectivity index (χ0n) is 10.3. The van der Waals surface area contributed by atoms with Crippen LogP contribution >= 0.6 is 15.9 Å². The minimum Gasteiger partial charge on any atom is -0.271 e. The summed E-state index contributed by atoms with van der Waals surface area (Å²) in [5.41, 5.74) is 3.20. The topological polar surface area (TPSA) is 38.0 Å². The summed E-state index contributed by atoms with van der Waals surface area (Å²) >= 11 is 3.29. The molecule has 0 aliphatic heterocycles. The Morgan fingerprint density at radius 2 is 1.90 bits per heavy atom. The second-order valence-electron chi connectivity index (χ2n) is 4.30. The van der Waals surface area contributed by atoms with Crippen LogP contribution in [0.5, 0.6) is 0 Å². The van der Waals surface area contributed by atoms with Crippen molar-refractivity contribution in [3.8, 4) is 0 Å². The normalized spacial score (nSPS) is 12.4. The maximum atomic E-state index is 13.7. The fraction of sp³-hybridized carbons (Fsp3) is 0.143. The standard InChI is InChI=1S/C14H12BrF3N2/c15-11-5-4-9(16)7-10(11)13(20-19)6-8-2-1-3-12(17)14(8)18/h1-5,7,13,20H,6,19H2. The number of hydrazine groups is 1. The summed E-state index contributed by atoms with van der Waals surface area (Å²) in [7, 11) is 0. The highest BCUT2D eigenvalue weighted by molar-refractivity contribution is 9.10. The summed E-state index contributed by atoms with van der Waals surface area (Å²) < 4.78 is 40.8. The van der Waals surface area contributed by atoms with Crippen molar-refractivity contribution in [1.29, 1.82) is 0 Å². The van der Waals surface area contributed by atoms with Gasteiger partial charge >= 0.3 is 0 Å². The van der Waals surface area contributed by atoms with E-state index in [0.29, 0.717) is 10.0 Å². The molecule has 0 amide bonds. The van der Waals surface area contributed by atoms with E-state index in [0.717, 1.165) is 6.07 Å². The van der Waals surface area contributed by atoms with Crippen LogP contribution in [0.3, 0.4) is 0 Å². The summed E-state index contributed by atoms with van der Waals surface area (Å²) in [4.78, 5) is 0. The third-order valence-corrected chi connectivity index (χ3v) is 3.71. The molecule has 0 radical (unpaired) electrons. The van der Waals surface area contributed by atoms with Gasteiger partial charge in [0.25, 0.3) is 0 Å². The van der Waals surface area contributed by atoms with Gasteiger partial charge in [0.1, 0.15) is 5.82 Å². The third-order valence-electron chi connectivity index (χ3n) is 2.99. The van der Waals surface area contributed by atoms with E-state index in [1.807, 2.05) is 0 Å². The van der Waals surface area contributed by atoms with Crippen LogP contribution in [0.25, 0.3) is 0 Å². The first-order chi connectivity index (χ1) is 9.52. The Kier molecular flexibility index (Phi) is 4.80. The van der Waals surface area contributed by atoms with Crippen LogP contribution in [-0.4, -0.2) is 0 Å². The Morgan fingerprint density at radius 1 is 1.15 bits per heavy atom. The maximum absolute atomic E-state index is 13.7. The lowest BCUT2D eigenvalue weighted by molar-refractivity contribution is 0.480. The number of hydrogen-bond acceptors (Lipinski definition) is 2. The van der Waals surface area contributed by atoms with Gasteiger partial charge in [-0.25, -0.2) is 13.2 Å². The predicted molar refractivity (Wildman–Crippen MR) is 74.2 cm³/mol. The molecule has 0 bridgehead atoms. The van der Waals surface area contributed by atoms with E-state index in [4.69, 9.17) is 5.84 Å². The number of hydrogen-bond donors (Lipinski definition) is 2. The van der Waals surface area contributed by atoms with E-state index in [9.17, 15) is 13.2 Å². The second-order valence-corrected chi connectivity index (χ2v) is 5.16. The van der Waals surface area contributed by atoms with Crippen molar-refractivity contribution < 1.29 is 13.2 Å². The molecule has 0 saturated heterocycles. The molecule has 3 N–H and O–H groups in total. The Labute approximate surface area is 122 Å². The summed E-state index contributed by atoms with van der Waals surface area (Å²) in [6.07, 6.45) is 0.0994. The first kappa shape index (κ1) is 15.0. The van der Waals surface area contributed by atoms with Crippen molar-refractivity contribution >= 4 is 15.9 Å². The average Bonchev–Trinajstić information content (AvgIpc) is 2.43. The summed E-state index contributed by atoms with van der Waals surface area (Å²) in [6.45, 7) is 0. The van der Waals surface area contributed by atoms with E-state index in [1.165, 1.54) is 30.3 Å². The summed E-state index contributed by atoms with van der Waals surface area (Å²) in [6, 6.07) is 7.52. The van der Waals surface area contributed by atoms with Gasteiger partial charge in [-0.05, 0) is 41.8 Å². The molecule has 0 spiro atoms. The van der Waals surface area contributed by atoms with Gasteiger partial charge in [0.05, 0.1) is 6.04 Å². The Bertz CT molecular complexity index is 619. The Morgan fingerprint density at radius 3 is 2.60 bits per heavy atom. The van der Waals surface area contributed by atoms with Gasteiger partial charge in [-0.2, -0.15) is 0 Å². The van der Waals surface area contributed by atoms with Gasteiger partial charge in [0.2, 0.25) is 0 Å². The van der Waals surface area contributed by atoms with Crippen LogP contribution < -0.4 is 11.3 Å². The quantitative estimate of drug-likeness (QED) is 0.656. The second kappa shape index (κ2) is 6.39. The number of nitrogens with two attached hydrogens (primary N) is 1. The molecule has 2 nitrogen and oxygen atoms in total. The van der Waals surface area contributed by atoms with Crippen LogP contribution in [0.2, 0.25) is 0 Å². The Balaban J connectivity index is 2.34. The molecule has 0 heterocycles. The van der Waals surface area contributed by atoms with Crippen molar-refractivity contribution in [1.82, 2.24) is 5.43 Å². The first-order valence-corrected chi connectivity index (χ1v) is 6.66. The van der Waals surface area contributed by atoms with Gasteiger partial charge in [-0.1, -0.05) is 28.1 Å². The van der Waals surface area contributed by atoms with E-state index in [-0.39, 0.29) is 12.0 Å². The lowest BCUT2D eigenvalue weighted by atomic mass is 9.99. The van der Waals surface area contributed by atoms with Crippen LogP contribution in [-0.2, 0) is 6.42 Å². The molecule has 2 aromatic rings. The minimum atomic E-state index is -0.920. The predicted octanol–water partition coefficient (Wildman–Crippen LogP) is 3.61. The molecule has 2 rings (SSSR count). The minimum absolute atomic E-state index is 0.0994. The van der Waals surface area contributed by atoms with E-state index < -0.39 is 23.5 Å². The van der Waals surface area contributed by atoms with Gasteiger partial charge in [0.15, 0.2) is 11.6 Å². The van der Waals surface area contributed by atoms with Crippen LogP contribution in [0, 0.1) is 17.5 Å². The van der Waals surface area contributed by atoms with E-state index in [2.05, 4.69) is 21.4 Å². The molecule has 2 aromatic carbocycles. The molecule has 0 saturated carbocycles. The smallest absolute Gasteiger partial charge is 0.162 e. The maximum Gasteiger partial charge on any atom is 0.162 e. The van der Waals surface area contributed by atoms with Gasteiger partial charge < -0.3 is 0 Å².